The van der Waals surface area contributed by atoms with Crippen molar-refractivity contribution in [3.8, 4) is 5.75 Å². The van der Waals surface area contributed by atoms with Gasteiger partial charge >= 0.3 is 0 Å². The molecule has 0 spiro atoms. The Kier molecular flexibility index (Phi) is 14.4. The van der Waals surface area contributed by atoms with Crippen molar-refractivity contribution in [2.75, 3.05) is 52.7 Å². The summed E-state index contributed by atoms with van der Waals surface area (Å²) >= 11 is 0. The molecule has 1 unspecified atom stereocenters. The first-order valence-electron chi connectivity index (χ1n) is 15.4. The van der Waals surface area contributed by atoms with Gasteiger partial charge in [0.25, 0.3) is 11.8 Å². The van der Waals surface area contributed by atoms with Crippen LogP contribution in [-0.2, 0) is 39.0 Å². The number of amides is 6. The molecular weight excluding hydrogens is 612 g/mol. The lowest BCUT2D eigenvalue weighted by atomic mass is 9.88. The van der Waals surface area contributed by atoms with Crippen LogP contribution in [-0.4, -0.2) is 105 Å². The molecule has 4 N–H and O–H groups in total. The van der Waals surface area contributed by atoms with Gasteiger partial charge in [-0.1, -0.05) is 26.0 Å². The summed E-state index contributed by atoms with van der Waals surface area (Å²) in [5.41, 5.74) is 0.752. The number of hydrogen-bond acceptors (Lipinski definition) is 11. The number of piperidine rings is 1. The van der Waals surface area contributed by atoms with E-state index in [1.165, 1.54) is 12.1 Å². The average molecular weight is 655 g/mol. The minimum Gasteiger partial charge on any atom is -0.483 e. The maximum atomic E-state index is 13.1. The van der Waals surface area contributed by atoms with Crippen molar-refractivity contribution in [3.63, 3.8) is 0 Å². The minimum absolute atomic E-state index is 0.00933. The topological polar surface area (TPSA) is 194 Å². The number of imide groups is 2. The minimum atomic E-state index is -1.10. The van der Waals surface area contributed by atoms with Gasteiger partial charge in [-0.3, -0.25) is 44.0 Å². The van der Waals surface area contributed by atoms with Gasteiger partial charge in [0.1, 0.15) is 23.9 Å². The van der Waals surface area contributed by atoms with E-state index in [1.807, 2.05) is 32.0 Å². The second-order valence-corrected chi connectivity index (χ2v) is 10.5. The molecule has 0 bridgehead atoms. The Balaban J connectivity index is 0.00000294. The third kappa shape index (κ3) is 10.1. The zero-order valence-corrected chi connectivity index (χ0v) is 26.8. The van der Waals surface area contributed by atoms with Crippen molar-refractivity contribution in [2.24, 2.45) is 0 Å². The van der Waals surface area contributed by atoms with Gasteiger partial charge in [-0.05, 0) is 37.6 Å². The first kappa shape index (κ1) is 36.7. The molecule has 0 aliphatic carbocycles. The summed E-state index contributed by atoms with van der Waals surface area (Å²) in [7, 11) is 0. The number of carbonyl (C=O) groups is 6. The molecule has 254 valence electrons. The van der Waals surface area contributed by atoms with Crippen LogP contribution in [0.2, 0.25) is 0 Å². The number of pyridine rings is 1. The number of rotatable bonds is 16. The summed E-state index contributed by atoms with van der Waals surface area (Å²) in [6, 6.07) is 9.05. The lowest BCUT2D eigenvalue weighted by molar-refractivity contribution is -0.139. The average Bonchev–Trinajstić information content (AvgIpc) is 3.06. The Morgan fingerprint density at radius 2 is 1.79 bits per heavy atom. The Morgan fingerprint density at radius 3 is 2.45 bits per heavy atom. The second kappa shape index (κ2) is 18.4. The van der Waals surface area contributed by atoms with Crippen molar-refractivity contribution in [2.45, 2.75) is 45.2 Å². The van der Waals surface area contributed by atoms with Crippen LogP contribution in [0.5, 0.6) is 5.75 Å². The molecule has 0 saturated carbocycles. The van der Waals surface area contributed by atoms with E-state index in [4.69, 9.17) is 14.2 Å². The zero-order valence-electron chi connectivity index (χ0n) is 26.8. The highest BCUT2D eigenvalue weighted by Gasteiger charge is 2.41. The van der Waals surface area contributed by atoms with E-state index in [0.717, 1.165) is 10.6 Å². The van der Waals surface area contributed by atoms with Crippen LogP contribution >= 0.6 is 0 Å². The number of benzene rings is 1. The van der Waals surface area contributed by atoms with Crippen molar-refractivity contribution < 1.29 is 43.0 Å². The molecule has 1 aromatic heterocycles. The van der Waals surface area contributed by atoms with E-state index in [0.29, 0.717) is 18.7 Å². The Bertz CT molecular complexity index is 1400. The van der Waals surface area contributed by atoms with E-state index >= 15 is 0 Å². The Labute approximate surface area is 273 Å². The Morgan fingerprint density at radius 1 is 1.02 bits per heavy atom. The van der Waals surface area contributed by atoms with E-state index in [9.17, 15) is 28.8 Å². The zero-order chi connectivity index (χ0) is 34.2. The molecule has 2 aliphatic rings. The van der Waals surface area contributed by atoms with Crippen LogP contribution < -0.4 is 26.0 Å². The molecule has 47 heavy (non-hydrogen) atoms. The molecule has 2 fully saturated rings. The van der Waals surface area contributed by atoms with Crippen LogP contribution in [0.4, 0.5) is 0 Å². The monoisotopic (exact) mass is 654 g/mol. The summed E-state index contributed by atoms with van der Waals surface area (Å²) in [6.45, 7) is 7.15. The number of nitrogens with zero attached hydrogens (tertiary/aromatic N) is 2. The predicted molar refractivity (Wildman–Crippen MR) is 168 cm³/mol. The van der Waals surface area contributed by atoms with Gasteiger partial charge in [0, 0.05) is 43.4 Å². The van der Waals surface area contributed by atoms with Crippen LogP contribution in [0.15, 0.2) is 42.6 Å². The molecule has 2 aromatic rings. The maximum Gasteiger partial charge on any atom is 0.261 e. The highest BCUT2D eigenvalue weighted by Crippen LogP contribution is 2.25. The first-order chi connectivity index (χ1) is 22.7. The fourth-order valence-electron chi connectivity index (χ4n) is 4.85. The predicted octanol–water partition coefficient (Wildman–Crippen LogP) is -0.0369. The van der Waals surface area contributed by atoms with Crippen LogP contribution in [0.25, 0.3) is 0 Å². The van der Waals surface area contributed by atoms with Gasteiger partial charge in [0.15, 0.2) is 6.61 Å². The van der Waals surface area contributed by atoms with E-state index in [-0.39, 0.29) is 76.1 Å². The SMILES string of the molecule is CC.Cc1c(OCC(=O)NCCOCCOCC(=O)NC2(c3ccccn3)CNC2)cccc1C(=O)N(C=O)C1CCC(=O)NC1=O. The van der Waals surface area contributed by atoms with Crippen molar-refractivity contribution in [1.82, 2.24) is 31.2 Å². The third-order valence-electron chi connectivity index (χ3n) is 7.33. The summed E-state index contributed by atoms with van der Waals surface area (Å²) in [5, 5.41) is 10.9. The van der Waals surface area contributed by atoms with Crippen molar-refractivity contribution >= 4 is 35.9 Å². The van der Waals surface area contributed by atoms with Crippen molar-refractivity contribution in [3.05, 3.63) is 59.4 Å². The summed E-state index contributed by atoms with van der Waals surface area (Å²) in [6.07, 6.45) is 1.99. The Hall–Kier alpha value is -4.73. The van der Waals surface area contributed by atoms with Gasteiger partial charge in [0.2, 0.25) is 24.1 Å². The number of ether oxygens (including phenoxy) is 3. The molecule has 4 rings (SSSR count). The van der Waals surface area contributed by atoms with Crippen LogP contribution in [0.1, 0.15) is 48.3 Å². The number of nitrogens with one attached hydrogen (secondary N) is 4. The number of carbonyl (C=O) groups excluding carboxylic acids is 6. The number of aromatic nitrogens is 1. The molecule has 3 heterocycles. The number of hydrogen-bond donors (Lipinski definition) is 4. The van der Waals surface area contributed by atoms with Crippen LogP contribution in [0, 0.1) is 6.92 Å². The molecule has 1 aromatic carbocycles. The molecule has 2 aliphatic heterocycles. The molecule has 15 nitrogen and oxygen atoms in total. The van der Waals surface area contributed by atoms with Gasteiger partial charge in [-0.25, -0.2) is 0 Å². The lowest BCUT2D eigenvalue weighted by Crippen LogP contribution is -2.67. The molecule has 15 heteroatoms. The third-order valence-corrected chi connectivity index (χ3v) is 7.33. The fraction of sp³-hybridized carbons (Fsp3) is 0.469. The summed E-state index contributed by atoms with van der Waals surface area (Å²) in [5.74, 6) is -2.33. The van der Waals surface area contributed by atoms with Crippen molar-refractivity contribution in [1.29, 1.82) is 0 Å². The summed E-state index contributed by atoms with van der Waals surface area (Å²) < 4.78 is 16.4. The highest BCUT2D eigenvalue weighted by atomic mass is 16.5. The smallest absolute Gasteiger partial charge is 0.261 e. The molecule has 1 atom stereocenters. The molecule has 6 amide bonds. The van der Waals surface area contributed by atoms with Gasteiger partial charge in [-0.2, -0.15) is 0 Å². The highest BCUT2D eigenvalue weighted by molar-refractivity contribution is 6.07. The second-order valence-electron chi connectivity index (χ2n) is 10.5. The first-order valence-corrected chi connectivity index (χ1v) is 15.4. The molecular formula is C32H42N6O9. The summed E-state index contributed by atoms with van der Waals surface area (Å²) in [4.78, 5) is 78.1. The quantitative estimate of drug-likeness (QED) is 0.108. The standard InChI is InChI=1S/C30H36N6O9.C2H6/c1-20-21(29(42)36(19-37)22-8-9-25(38)34-28(22)41)5-4-6-23(20)45-16-26(39)33-11-12-43-13-14-44-15-27(40)35-30(17-31-18-30)24-7-2-3-10-32-24;1-2/h2-7,10,19,22,31H,8-9,11-18H2,1H3,(H,33,39)(H,35,40)(H,34,38,41);1-2H3. The largest absolute Gasteiger partial charge is 0.483 e. The lowest BCUT2D eigenvalue weighted by Gasteiger charge is -2.42. The maximum absolute atomic E-state index is 13.1. The molecule has 2 saturated heterocycles. The fourth-order valence-corrected chi connectivity index (χ4v) is 4.85. The van der Waals surface area contributed by atoms with E-state index in [1.54, 1.807) is 19.2 Å². The van der Waals surface area contributed by atoms with Gasteiger partial charge in [0.05, 0.1) is 25.5 Å². The molecule has 0 radical (unpaired) electrons. The van der Waals surface area contributed by atoms with Crippen LogP contribution in [0.3, 0.4) is 0 Å². The normalized spacial score (nSPS) is 16.4. The van der Waals surface area contributed by atoms with Gasteiger partial charge in [-0.15, -0.1) is 0 Å². The van der Waals surface area contributed by atoms with E-state index < -0.39 is 35.2 Å². The van der Waals surface area contributed by atoms with Gasteiger partial charge < -0.3 is 30.2 Å². The van der Waals surface area contributed by atoms with E-state index in [2.05, 4.69) is 26.3 Å².